The molecular formula is C14H13NO2S. The third kappa shape index (κ3) is 2.89. The zero-order valence-corrected chi connectivity index (χ0v) is 10.6. The van der Waals surface area contributed by atoms with Crippen LogP contribution in [0, 0.1) is 12.3 Å². The molecule has 0 atom stereocenters. The first-order valence-electron chi connectivity index (χ1n) is 5.53. The van der Waals surface area contributed by atoms with Gasteiger partial charge in [-0.15, -0.1) is 17.8 Å². The van der Waals surface area contributed by atoms with Gasteiger partial charge in [0, 0.05) is 11.2 Å². The lowest BCUT2D eigenvalue weighted by Crippen LogP contribution is -2.29. The first-order valence-corrected chi connectivity index (χ1v) is 6.41. The Labute approximate surface area is 110 Å². The second-order valence-corrected chi connectivity index (χ2v) is 4.91. The SMILES string of the molecule is C#CCN(CC(=O)O)Cc1csc2ccccc12. The molecule has 0 aliphatic carbocycles. The molecule has 1 heterocycles. The first-order chi connectivity index (χ1) is 8.70. The van der Waals surface area contributed by atoms with Crippen LogP contribution in [0.3, 0.4) is 0 Å². The van der Waals surface area contributed by atoms with Crippen molar-refractivity contribution in [2.75, 3.05) is 13.1 Å². The Morgan fingerprint density at radius 1 is 1.44 bits per heavy atom. The van der Waals surface area contributed by atoms with E-state index in [1.165, 1.54) is 10.1 Å². The average molecular weight is 259 g/mol. The minimum Gasteiger partial charge on any atom is -0.480 e. The Morgan fingerprint density at radius 2 is 2.22 bits per heavy atom. The number of hydrogen-bond donors (Lipinski definition) is 1. The van der Waals surface area contributed by atoms with Crippen LogP contribution in [-0.4, -0.2) is 29.1 Å². The molecule has 2 rings (SSSR count). The fourth-order valence-electron chi connectivity index (χ4n) is 1.88. The Bertz CT molecular complexity index is 597. The van der Waals surface area contributed by atoms with Crippen LogP contribution in [0.1, 0.15) is 5.56 Å². The zero-order chi connectivity index (χ0) is 13.0. The van der Waals surface area contributed by atoms with Crippen LogP contribution in [0.5, 0.6) is 0 Å². The molecule has 18 heavy (non-hydrogen) atoms. The van der Waals surface area contributed by atoms with Crippen molar-refractivity contribution >= 4 is 27.4 Å². The monoisotopic (exact) mass is 259 g/mol. The molecule has 0 saturated carbocycles. The Morgan fingerprint density at radius 3 is 2.94 bits per heavy atom. The second-order valence-electron chi connectivity index (χ2n) is 4.00. The molecule has 1 N–H and O–H groups in total. The summed E-state index contributed by atoms with van der Waals surface area (Å²) in [5.74, 6) is 1.64. The lowest BCUT2D eigenvalue weighted by Gasteiger charge is -2.16. The summed E-state index contributed by atoms with van der Waals surface area (Å²) in [5, 5.41) is 12.1. The van der Waals surface area contributed by atoms with Crippen molar-refractivity contribution in [1.82, 2.24) is 4.90 Å². The van der Waals surface area contributed by atoms with Gasteiger partial charge in [0.25, 0.3) is 0 Å². The van der Waals surface area contributed by atoms with Crippen molar-refractivity contribution in [3.63, 3.8) is 0 Å². The summed E-state index contributed by atoms with van der Waals surface area (Å²) in [4.78, 5) is 12.5. The molecular weight excluding hydrogens is 246 g/mol. The lowest BCUT2D eigenvalue weighted by atomic mass is 10.1. The van der Waals surface area contributed by atoms with Crippen molar-refractivity contribution in [3.8, 4) is 12.3 Å². The van der Waals surface area contributed by atoms with Gasteiger partial charge in [-0.2, -0.15) is 0 Å². The van der Waals surface area contributed by atoms with E-state index in [9.17, 15) is 4.79 Å². The van der Waals surface area contributed by atoms with Crippen LogP contribution in [0.2, 0.25) is 0 Å². The normalized spacial score (nSPS) is 10.7. The number of rotatable bonds is 5. The molecule has 0 spiro atoms. The molecule has 0 radical (unpaired) electrons. The number of benzene rings is 1. The average Bonchev–Trinajstić information content (AvgIpc) is 2.72. The Balaban J connectivity index is 2.20. The maximum atomic E-state index is 10.8. The summed E-state index contributed by atoms with van der Waals surface area (Å²) in [5.41, 5.74) is 1.13. The molecule has 0 bridgehead atoms. The number of carbonyl (C=O) groups is 1. The van der Waals surface area contributed by atoms with E-state index in [0.717, 1.165) is 5.56 Å². The zero-order valence-electron chi connectivity index (χ0n) is 9.80. The van der Waals surface area contributed by atoms with Crippen LogP contribution in [0.25, 0.3) is 10.1 Å². The van der Waals surface area contributed by atoms with Gasteiger partial charge in [0.05, 0.1) is 13.1 Å². The minimum atomic E-state index is -0.857. The number of aliphatic carboxylic acids is 1. The molecule has 4 heteroatoms. The summed E-state index contributed by atoms with van der Waals surface area (Å²) >= 11 is 1.67. The van der Waals surface area contributed by atoms with E-state index in [0.29, 0.717) is 13.1 Å². The van der Waals surface area contributed by atoms with Crippen LogP contribution >= 0.6 is 11.3 Å². The van der Waals surface area contributed by atoms with Crippen LogP contribution in [-0.2, 0) is 11.3 Å². The number of nitrogens with zero attached hydrogens (tertiary/aromatic N) is 1. The Kier molecular flexibility index (Phi) is 3.98. The highest BCUT2D eigenvalue weighted by Gasteiger charge is 2.11. The number of carboxylic acids is 1. The van der Waals surface area contributed by atoms with E-state index in [4.69, 9.17) is 11.5 Å². The maximum Gasteiger partial charge on any atom is 0.317 e. The van der Waals surface area contributed by atoms with Gasteiger partial charge in [0.2, 0.25) is 0 Å². The van der Waals surface area contributed by atoms with E-state index in [1.54, 1.807) is 16.2 Å². The summed E-state index contributed by atoms with van der Waals surface area (Å²) in [6.07, 6.45) is 5.26. The van der Waals surface area contributed by atoms with E-state index in [1.807, 2.05) is 12.1 Å². The number of hydrogen-bond acceptors (Lipinski definition) is 3. The highest BCUT2D eigenvalue weighted by atomic mass is 32.1. The number of carboxylic acid groups (broad SMARTS) is 1. The molecule has 3 nitrogen and oxygen atoms in total. The van der Waals surface area contributed by atoms with Gasteiger partial charge in [0.15, 0.2) is 0 Å². The lowest BCUT2D eigenvalue weighted by molar-refractivity contribution is -0.138. The molecule has 0 fully saturated rings. The van der Waals surface area contributed by atoms with Gasteiger partial charge in [0.1, 0.15) is 0 Å². The predicted molar refractivity (Wildman–Crippen MR) is 73.6 cm³/mol. The highest BCUT2D eigenvalue weighted by Crippen LogP contribution is 2.26. The molecule has 0 amide bonds. The van der Waals surface area contributed by atoms with Gasteiger partial charge in [-0.3, -0.25) is 9.69 Å². The smallest absolute Gasteiger partial charge is 0.317 e. The van der Waals surface area contributed by atoms with Gasteiger partial charge < -0.3 is 5.11 Å². The van der Waals surface area contributed by atoms with Gasteiger partial charge in [-0.05, 0) is 22.4 Å². The minimum absolute atomic E-state index is 0.0334. The third-order valence-corrected chi connectivity index (χ3v) is 3.64. The van der Waals surface area contributed by atoms with Crippen LogP contribution in [0.4, 0.5) is 0 Å². The quantitative estimate of drug-likeness (QED) is 0.838. The van der Waals surface area contributed by atoms with E-state index in [-0.39, 0.29) is 6.54 Å². The summed E-state index contributed by atoms with van der Waals surface area (Å²) < 4.78 is 1.21. The molecule has 1 aromatic heterocycles. The molecule has 0 aliphatic heterocycles. The molecule has 0 saturated heterocycles. The van der Waals surface area contributed by atoms with Crippen molar-refractivity contribution < 1.29 is 9.90 Å². The Hall–Kier alpha value is -1.83. The van der Waals surface area contributed by atoms with Gasteiger partial charge >= 0.3 is 5.97 Å². The van der Waals surface area contributed by atoms with E-state index < -0.39 is 5.97 Å². The van der Waals surface area contributed by atoms with E-state index >= 15 is 0 Å². The second kappa shape index (κ2) is 5.67. The summed E-state index contributed by atoms with van der Waals surface area (Å²) in [6, 6.07) is 8.10. The van der Waals surface area contributed by atoms with Crippen molar-refractivity contribution in [3.05, 3.63) is 35.2 Å². The third-order valence-electron chi connectivity index (χ3n) is 2.63. The number of fused-ring (bicyclic) bond motifs is 1. The predicted octanol–water partition coefficient (Wildman–Crippen LogP) is 2.42. The van der Waals surface area contributed by atoms with Crippen LogP contribution in [0.15, 0.2) is 29.6 Å². The van der Waals surface area contributed by atoms with Crippen molar-refractivity contribution in [1.29, 1.82) is 0 Å². The first kappa shape index (κ1) is 12.6. The molecule has 0 aliphatic rings. The van der Waals surface area contributed by atoms with Gasteiger partial charge in [-0.25, -0.2) is 0 Å². The fraction of sp³-hybridized carbons (Fsp3) is 0.214. The summed E-state index contributed by atoms with van der Waals surface area (Å²) in [6.45, 7) is 0.880. The largest absolute Gasteiger partial charge is 0.480 e. The van der Waals surface area contributed by atoms with Crippen molar-refractivity contribution in [2.24, 2.45) is 0 Å². The number of thiophene rings is 1. The van der Waals surface area contributed by atoms with Crippen LogP contribution < -0.4 is 0 Å². The molecule has 2 aromatic rings. The van der Waals surface area contributed by atoms with Crippen molar-refractivity contribution in [2.45, 2.75) is 6.54 Å². The molecule has 92 valence electrons. The highest BCUT2D eigenvalue weighted by molar-refractivity contribution is 7.17. The maximum absolute atomic E-state index is 10.8. The topological polar surface area (TPSA) is 40.5 Å². The molecule has 0 unspecified atom stereocenters. The number of terminal acetylenes is 1. The summed E-state index contributed by atoms with van der Waals surface area (Å²) in [7, 11) is 0. The fourth-order valence-corrected chi connectivity index (χ4v) is 2.84. The standard InChI is InChI=1S/C14H13NO2S/c1-2-7-15(9-14(16)17)8-11-10-18-13-6-4-3-5-12(11)13/h1,3-6,10H,7-9H2,(H,16,17). The molecule has 1 aromatic carbocycles. The van der Waals surface area contributed by atoms with Gasteiger partial charge in [-0.1, -0.05) is 24.1 Å². The van der Waals surface area contributed by atoms with E-state index in [2.05, 4.69) is 23.4 Å².